The summed E-state index contributed by atoms with van der Waals surface area (Å²) in [6.45, 7) is 7.30. The van der Waals surface area contributed by atoms with E-state index in [0.717, 1.165) is 38.1 Å². The van der Waals surface area contributed by atoms with Crippen molar-refractivity contribution in [2.75, 3.05) is 19.8 Å². The van der Waals surface area contributed by atoms with E-state index >= 15 is 0 Å². The quantitative estimate of drug-likeness (QED) is 0.664. The van der Waals surface area contributed by atoms with Crippen LogP contribution in [-0.2, 0) is 4.74 Å². The third-order valence-corrected chi connectivity index (χ3v) is 3.19. The fraction of sp³-hybridized carbons (Fsp3) is 1.00. The Labute approximate surface area is 88.4 Å². The first-order valence-corrected chi connectivity index (χ1v) is 6.15. The average Bonchev–Trinajstić information content (AvgIpc) is 2.20. The second kappa shape index (κ2) is 7.24. The Balaban J connectivity index is 1.99. The van der Waals surface area contributed by atoms with Gasteiger partial charge in [-0.05, 0) is 38.6 Å². The van der Waals surface area contributed by atoms with Crippen molar-refractivity contribution < 1.29 is 4.74 Å². The highest BCUT2D eigenvalue weighted by Crippen LogP contribution is 2.23. The molecule has 1 saturated carbocycles. The van der Waals surface area contributed by atoms with E-state index < -0.39 is 0 Å². The molecule has 1 aliphatic carbocycles. The molecule has 0 aromatic heterocycles. The standard InChI is InChI=1S/C12H25NO/c1-3-14-10-6-9-13-12-8-5-4-7-11(12)2/h11-13H,3-10H2,1-2H3/t11-,12+/m0/s1. The Kier molecular flexibility index (Phi) is 6.20. The highest BCUT2D eigenvalue weighted by atomic mass is 16.5. The molecule has 14 heavy (non-hydrogen) atoms. The van der Waals surface area contributed by atoms with Gasteiger partial charge in [0.25, 0.3) is 0 Å². The van der Waals surface area contributed by atoms with Crippen LogP contribution in [0.15, 0.2) is 0 Å². The molecule has 0 aliphatic heterocycles. The van der Waals surface area contributed by atoms with E-state index in [1.807, 2.05) is 0 Å². The topological polar surface area (TPSA) is 21.3 Å². The molecule has 0 spiro atoms. The zero-order valence-corrected chi connectivity index (χ0v) is 9.72. The van der Waals surface area contributed by atoms with Crippen LogP contribution in [0.1, 0.15) is 46.0 Å². The molecule has 2 atom stereocenters. The van der Waals surface area contributed by atoms with Gasteiger partial charge in [-0.15, -0.1) is 0 Å². The van der Waals surface area contributed by atoms with Gasteiger partial charge >= 0.3 is 0 Å². The number of hydrogen-bond acceptors (Lipinski definition) is 2. The Hall–Kier alpha value is -0.0800. The molecule has 0 aromatic carbocycles. The molecule has 1 fully saturated rings. The third kappa shape index (κ3) is 4.43. The maximum atomic E-state index is 5.31. The van der Waals surface area contributed by atoms with Crippen LogP contribution in [0.2, 0.25) is 0 Å². The fourth-order valence-corrected chi connectivity index (χ4v) is 2.23. The highest BCUT2D eigenvalue weighted by Gasteiger charge is 2.19. The number of ether oxygens (including phenoxy) is 1. The van der Waals surface area contributed by atoms with E-state index in [1.54, 1.807) is 0 Å². The van der Waals surface area contributed by atoms with E-state index in [9.17, 15) is 0 Å². The molecule has 1 N–H and O–H groups in total. The molecule has 0 radical (unpaired) electrons. The van der Waals surface area contributed by atoms with Gasteiger partial charge in [0, 0.05) is 19.3 Å². The van der Waals surface area contributed by atoms with Crippen molar-refractivity contribution in [2.45, 2.75) is 52.0 Å². The van der Waals surface area contributed by atoms with Crippen molar-refractivity contribution in [3.8, 4) is 0 Å². The summed E-state index contributed by atoms with van der Waals surface area (Å²) >= 11 is 0. The zero-order valence-electron chi connectivity index (χ0n) is 9.72. The van der Waals surface area contributed by atoms with Crippen molar-refractivity contribution >= 4 is 0 Å². The molecule has 0 aromatic rings. The van der Waals surface area contributed by atoms with E-state index in [1.165, 1.54) is 25.7 Å². The minimum Gasteiger partial charge on any atom is -0.382 e. The van der Waals surface area contributed by atoms with Crippen LogP contribution in [0.25, 0.3) is 0 Å². The van der Waals surface area contributed by atoms with Gasteiger partial charge in [0.15, 0.2) is 0 Å². The van der Waals surface area contributed by atoms with Crippen LogP contribution in [0, 0.1) is 5.92 Å². The summed E-state index contributed by atoms with van der Waals surface area (Å²) < 4.78 is 5.31. The van der Waals surface area contributed by atoms with E-state index in [0.29, 0.717) is 0 Å². The Morgan fingerprint density at radius 3 is 2.79 bits per heavy atom. The molecule has 1 aliphatic rings. The first kappa shape index (κ1) is 12.0. The van der Waals surface area contributed by atoms with Crippen molar-refractivity contribution in [3.05, 3.63) is 0 Å². The maximum absolute atomic E-state index is 5.31. The molecule has 2 heteroatoms. The SMILES string of the molecule is CCOCCCN[C@@H]1CCCC[C@@H]1C. The smallest absolute Gasteiger partial charge is 0.0477 e. The Morgan fingerprint density at radius 2 is 2.07 bits per heavy atom. The zero-order chi connectivity index (χ0) is 10.2. The maximum Gasteiger partial charge on any atom is 0.0477 e. The van der Waals surface area contributed by atoms with Crippen molar-refractivity contribution in [2.24, 2.45) is 5.92 Å². The van der Waals surface area contributed by atoms with E-state index in [2.05, 4.69) is 19.2 Å². The second-order valence-corrected chi connectivity index (χ2v) is 4.37. The summed E-state index contributed by atoms with van der Waals surface area (Å²) in [4.78, 5) is 0. The lowest BCUT2D eigenvalue weighted by molar-refractivity contribution is 0.142. The Bertz CT molecular complexity index is 138. The summed E-state index contributed by atoms with van der Waals surface area (Å²) in [6.07, 6.45) is 6.77. The van der Waals surface area contributed by atoms with Gasteiger partial charge in [0.1, 0.15) is 0 Å². The molecular formula is C12H25NO. The highest BCUT2D eigenvalue weighted by molar-refractivity contribution is 4.77. The van der Waals surface area contributed by atoms with Gasteiger partial charge in [0.05, 0.1) is 0 Å². The summed E-state index contributed by atoms with van der Waals surface area (Å²) in [7, 11) is 0. The van der Waals surface area contributed by atoms with Crippen LogP contribution in [-0.4, -0.2) is 25.8 Å². The van der Waals surface area contributed by atoms with Crippen LogP contribution < -0.4 is 5.32 Å². The molecule has 1 rings (SSSR count). The molecule has 0 heterocycles. The first-order valence-electron chi connectivity index (χ1n) is 6.15. The fourth-order valence-electron chi connectivity index (χ4n) is 2.23. The lowest BCUT2D eigenvalue weighted by Crippen LogP contribution is -2.37. The predicted octanol–water partition coefficient (Wildman–Crippen LogP) is 2.58. The molecule has 0 unspecified atom stereocenters. The summed E-state index contributed by atoms with van der Waals surface area (Å²) in [6, 6.07) is 0.769. The molecule has 84 valence electrons. The van der Waals surface area contributed by atoms with Crippen molar-refractivity contribution in [1.82, 2.24) is 5.32 Å². The largest absolute Gasteiger partial charge is 0.382 e. The summed E-state index contributed by atoms with van der Waals surface area (Å²) in [5.41, 5.74) is 0. The number of rotatable bonds is 6. The average molecular weight is 199 g/mol. The van der Waals surface area contributed by atoms with Crippen molar-refractivity contribution in [1.29, 1.82) is 0 Å². The number of hydrogen-bond donors (Lipinski definition) is 1. The van der Waals surface area contributed by atoms with Crippen LogP contribution in [0.5, 0.6) is 0 Å². The third-order valence-electron chi connectivity index (χ3n) is 3.19. The van der Waals surface area contributed by atoms with Gasteiger partial charge in [-0.2, -0.15) is 0 Å². The second-order valence-electron chi connectivity index (χ2n) is 4.37. The van der Waals surface area contributed by atoms with Gasteiger partial charge in [0.2, 0.25) is 0 Å². The predicted molar refractivity (Wildman–Crippen MR) is 60.5 cm³/mol. The molecular weight excluding hydrogens is 174 g/mol. The van der Waals surface area contributed by atoms with E-state index in [4.69, 9.17) is 4.74 Å². The molecule has 2 nitrogen and oxygen atoms in total. The lowest BCUT2D eigenvalue weighted by atomic mass is 9.86. The van der Waals surface area contributed by atoms with Crippen molar-refractivity contribution in [3.63, 3.8) is 0 Å². The molecule has 0 amide bonds. The minimum absolute atomic E-state index is 0.769. The Morgan fingerprint density at radius 1 is 1.29 bits per heavy atom. The molecule has 0 bridgehead atoms. The van der Waals surface area contributed by atoms with E-state index in [-0.39, 0.29) is 0 Å². The first-order chi connectivity index (χ1) is 6.84. The monoisotopic (exact) mass is 199 g/mol. The minimum atomic E-state index is 0.769. The normalized spacial score (nSPS) is 27.9. The van der Waals surface area contributed by atoms with Gasteiger partial charge in [-0.1, -0.05) is 19.8 Å². The van der Waals surface area contributed by atoms with Gasteiger partial charge in [-0.3, -0.25) is 0 Å². The van der Waals surface area contributed by atoms with Crippen LogP contribution >= 0.6 is 0 Å². The van der Waals surface area contributed by atoms with Crippen LogP contribution in [0.3, 0.4) is 0 Å². The summed E-state index contributed by atoms with van der Waals surface area (Å²) in [5.74, 6) is 0.871. The van der Waals surface area contributed by atoms with Gasteiger partial charge < -0.3 is 10.1 Å². The summed E-state index contributed by atoms with van der Waals surface area (Å²) in [5, 5.41) is 3.65. The molecule has 0 saturated heterocycles. The van der Waals surface area contributed by atoms with Gasteiger partial charge in [-0.25, -0.2) is 0 Å². The van der Waals surface area contributed by atoms with Crippen LogP contribution in [0.4, 0.5) is 0 Å². The lowest BCUT2D eigenvalue weighted by Gasteiger charge is -2.29. The number of nitrogens with one attached hydrogen (secondary N) is 1.